The van der Waals surface area contributed by atoms with Gasteiger partial charge in [-0.25, -0.2) is 4.79 Å². The Morgan fingerprint density at radius 2 is 2.10 bits per heavy atom. The highest BCUT2D eigenvalue weighted by molar-refractivity contribution is 6.03. The number of benzene rings is 1. The van der Waals surface area contributed by atoms with E-state index in [2.05, 4.69) is 4.98 Å². The summed E-state index contributed by atoms with van der Waals surface area (Å²) in [4.78, 5) is 16.3. The standard InChI is InChI=1S/C17H19NO3/c1-2-21-12-7-8-15-13(9-12)14(17(19)20)10-16(18-15)11-5-3-4-6-11/h7-11H,2-6H2,1H3,(H,19,20). The number of fused-ring (bicyclic) bond motifs is 1. The lowest BCUT2D eigenvalue weighted by molar-refractivity contribution is 0.0699. The minimum Gasteiger partial charge on any atom is -0.494 e. The van der Waals surface area contributed by atoms with E-state index in [0.29, 0.717) is 29.2 Å². The molecule has 0 unspecified atom stereocenters. The predicted octanol–water partition coefficient (Wildman–Crippen LogP) is 3.99. The van der Waals surface area contributed by atoms with E-state index >= 15 is 0 Å². The fourth-order valence-corrected chi connectivity index (χ4v) is 3.09. The van der Waals surface area contributed by atoms with Crippen molar-refractivity contribution < 1.29 is 14.6 Å². The second kappa shape index (κ2) is 5.72. The molecule has 1 saturated carbocycles. The monoisotopic (exact) mass is 285 g/mol. The summed E-state index contributed by atoms with van der Waals surface area (Å²) < 4.78 is 5.46. The van der Waals surface area contributed by atoms with E-state index in [1.807, 2.05) is 19.1 Å². The Bertz CT molecular complexity index is 675. The van der Waals surface area contributed by atoms with Crippen molar-refractivity contribution in [2.45, 2.75) is 38.5 Å². The summed E-state index contributed by atoms with van der Waals surface area (Å²) in [5.74, 6) is 0.178. The van der Waals surface area contributed by atoms with E-state index in [0.717, 1.165) is 24.1 Å². The van der Waals surface area contributed by atoms with Crippen molar-refractivity contribution in [3.8, 4) is 5.75 Å². The minimum absolute atomic E-state index is 0.323. The Morgan fingerprint density at radius 3 is 2.76 bits per heavy atom. The Balaban J connectivity index is 2.13. The molecule has 1 heterocycles. The lowest BCUT2D eigenvalue weighted by Gasteiger charge is -2.12. The predicted molar refractivity (Wildman–Crippen MR) is 81.1 cm³/mol. The first-order valence-corrected chi connectivity index (χ1v) is 7.50. The van der Waals surface area contributed by atoms with E-state index in [-0.39, 0.29) is 0 Å². The molecule has 1 aromatic heterocycles. The van der Waals surface area contributed by atoms with Gasteiger partial charge in [0.2, 0.25) is 0 Å². The third-order valence-electron chi connectivity index (χ3n) is 4.11. The highest BCUT2D eigenvalue weighted by Gasteiger charge is 2.21. The van der Waals surface area contributed by atoms with Crippen LogP contribution in [0.3, 0.4) is 0 Å². The van der Waals surface area contributed by atoms with Crippen molar-refractivity contribution in [2.75, 3.05) is 6.61 Å². The first kappa shape index (κ1) is 13.9. The molecule has 0 atom stereocenters. The van der Waals surface area contributed by atoms with Gasteiger partial charge in [0.25, 0.3) is 0 Å². The number of ether oxygens (including phenoxy) is 1. The van der Waals surface area contributed by atoms with Crippen LogP contribution in [0.4, 0.5) is 0 Å². The van der Waals surface area contributed by atoms with Crippen LogP contribution in [0.5, 0.6) is 5.75 Å². The molecule has 4 nitrogen and oxygen atoms in total. The van der Waals surface area contributed by atoms with Gasteiger partial charge >= 0.3 is 5.97 Å². The number of carboxylic acid groups (broad SMARTS) is 1. The fraction of sp³-hybridized carbons (Fsp3) is 0.412. The van der Waals surface area contributed by atoms with Crippen LogP contribution in [-0.4, -0.2) is 22.7 Å². The number of aromatic carboxylic acids is 1. The Labute approximate surface area is 123 Å². The molecular formula is C17H19NO3. The van der Waals surface area contributed by atoms with Gasteiger partial charge in [-0.05, 0) is 44.0 Å². The average Bonchev–Trinajstić information content (AvgIpc) is 3.00. The largest absolute Gasteiger partial charge is 0.494 e. The molecule has 0 aliphatic heterocycles. The zero-order valence-corrected chi connectivity index (χ0v) is 12.1. The summed E-state index contributed by atoms with van der Waals surface area (Å²) in [6, 6.07) is 7.22. The molecular weight excluding hydrogens is 266 g/mol. The zero-order chi connectivity index (χ0) is 14.8. The highest BCUT2D eigenvalue weighted by Crippen LogP contribution is 2.35. The van der Waals surface area contributed by atoms with Gasteiger partial charge in [-0.15, -0.1) is 0 Å². The average molecular weight is 285 g/mol. The van der Waals surface area contributed by atoms with Crippen molar-refractivity contribution >= 4 is 16.9 Å². The SMILES string of the molecule is CCOc1ccc2nc(C3CCCC3)cc(C(=O)O)c2c1. The van der Waals surface area contributed by atoms with E-state index in [1.165, 1.54) is 12.8 Å². The zero-order valence-electron chi connectivity index (χ0n) is 12.1. The van der Waals surface area contributed by atoms with Crippen LogP contribution in [-0.2, 0) is 0 Å². The van der Waals surface area contributed by atoms with Gasteiger partial charge in [-0.1, -0.05) is 12.8 Å². The molecule has 0 saturated heterocycles. The molecule has 1 fully saturated rings. The van der Waals surface area contributed by atoms with Crippen LogP contribution >= 0.6 is 0 Å². The summed E-state index contributed by atoms with van der Waals surface area (Å²) in [6.45, 7) is 2.46. The molecule has 0 amide bonds. The highest BCUT2D eigenvalue weighted by atomic mass is 16.5. The molecule has 4 heteroatoms. The Morgan fingerprint density at radius 1 is 1.33 bits per heavy atom. The van der Waals surface area contributed by atoms with Crippen LogP contribution in [0.25, 0.3) is 10.9 Å². The second-order valence-corrected chi connectivity index (χ2v) is 5.49. The van der Waals surface area contributed by atoms with Crippen molar-refractivity contribution in [1.82, 2.24) is 4.98 Å². The number of carbonyl (C=O) groups is 1. The number of hydrogen-bond donors (Lipinski definition) is 1. The van der Waals surface area contributed by atoms with Crippen LogP contribution in [0.2, 0.25) is 0 Å². The topological polar surface area (TPSA) is 59.4 Å². The number of hydrogen-bond acceptors (Lipinski definition) is 3. The number of aromatic nitrogens is 1. The van der Waals surface area contributed by atoms with Crippen molar-refractivity contribution in [1.29, 1.82) is 0 Å². The van der Waals surface area contributed by atoms with E-state index in [1.54, 1.807) is 12.1 Å². The van der Waals surface area contributed by atoms with Gasteiger partial charge in [0.05, 0.1) is 17.7 Å². The third kappa shape index (κ3) is 2.71. The normalized spacial score (nSPS) is 15.5. The molecule has 1 aromatic carbocycles. The van der Waals surface area contributed by atoms with Gasteiger partial charge in [-0.2, -0.15) is 0 Å². The van der Waals surface area contributed by atoms with E-state index < -0.39 is 5.97 Å². The molecule has 1 N–H and O–H groups in total. The maximum Gasteiger partial charge on any atom is 0.336 e. The number of carboxylic acids is 1. The number of nitrogens with zero attached hydrogens (tertiary/aromatic N) is 1. The number of rotatable bonds is 4. The Hall–Kier alpha value is -2.10. The third-order valence-corrected chi connectivity index (χ3v) is 4.11. The molecule has 21 heavy (non-hydrogen) atoms. The number of pyridine rings is 1. The van der Waals surface area contributed by atoms with Gasteiger partial charge in [0.1, 0.15) is 5.75 Å². The molecule has 110 valence electrons. The summed E-state index contributed by atoms with van der Waals surface area (Å²) in [6.07, 6.45) is 4.62. The molecule has 0 spiro atoms. The fourth-order valence-electron chi connectivity index (χ4n) is 3.09. The Kier molecular flexibility index (Phi) is 3.78. The van der Waals surface area contributed by atoms with E-state index in [4.69, 9.17) is 4.74 Å². The molecule has 1 aliphatic carbocycles. The van der Waals surface area contributed by atoms with Crippen LogP contribution in [0, 0.1) is 0 Å². The van der Waals surface area contributed by atoms with Crippen LogP contribution in [0.15, 0.2) is 24.3 Å². The van der Waals surface area contributed by atoms with Crippen LogP contribution < -0.4 is 4.74 Å². The maximum absolute atomic E-state index is 11.6. The molecule has 0 radical (unpaired) electrons. The van der Waals surface area contributed by atoms with Gasteiger partial charge < -0.3 is 9.84 Å². The van der Waals surface area contributed by atoms with Gasteiger partial charge in [-0.3, -0.25) is 4.98 Å². The summed E-state index contributed by atoms with van der Waals surface area (Å²) in [5, 5.41) is 10.2. The summed E-state index contributed by atoms with van der Waals surface area (Å²) in [5.41, 5.74) is 1.98. The van der Waals surface area contributed by atoms with E-state index in [9.17, 15) is 9.90 Å². The maximum atomic E-state index is 11.6. The minimum atomic E-state index is -0.907. The lowest BCUT2D eigenvalue weighted by Crippen LogP contribution is -2.04. The quantitative estimate of drug-likeness (QED) is 0.922. The molecule has 2 aromatic rings. The van der Waals surface area contributed by atoms with Gasteiger partial charge in [0.15, 0.2) is 0 Å². The first-order valence-electron chi connectivity index (χ1n) is 7.50. The lowest BCUT2D eigenvalue weighted by atomic mass is 9.99. The summed E-state index contributed by atoms with van der Waals surface area (Å²) in [7, 11) is 0. The molecule has 0 bridgehead atoms. The van der Waals surface area contributed by atoms with Gasteiger partial charge in [0, 0.05) is 17.0 Å². The smallest absolute Gasteiger partial charge is 0.336 e. The van der Waals surface area contributed by atoms with Crippen molar-refractivity contribution in [3.63, 3.8) is 0 Å². The second-order valence-electron chi connectivity index (χ2n) is 5.49. The van der Waals surface area contributed by atoms with Crippen molar-refractivity contribution in [2.24, 2.45) is 0 Å². The molecule has 1 aliphatic rings. The van der Waals surface area contributed by atoms with Crippen LogP contribution in [0.1, 0.15) is 54.6 Å². The summed E-state index contributed by atoms with van der Waals surface area (Å²) >= 11 is 0. The van der Waals surface area contributed by atoms with Crippen molar-refractivity contribution in [3.05, 3.63) is 35.5 Å². The first-order chi connectivity index (χ1) is 10.2. The molecule has 3 rings (SSSR count).